The Bertz CT molecular complexity index is 1710. The number of alkyl halides is 6. The number of carbonyl (C=O) groups excluding carboxylic acids is 2. The summed E-state index contributed by atoms with van der Waals surface area (Å²) in [6, 6.07) is 12.6. The van der Waals surface area contributed by atoms with E-state index in [0.717, 1.165) is 0 Å². The minimum absolute atomic E-state index is 0.0926. The summed E-state index contributed by atoms with van der Waals surface area (Å²) in [4.78, 5) is 25.2. The van der Waals surface area contributed by atoms with Crippen LogP contribution in [0.5, 0.6) is 11.5 Å². The van der Waals surface area contributed by atoms with Gasteiger partial charge in [-0.15, -0.1) is 12.8 Å². The third-order valence-corrected chi connectivity index (χ3v) is 6.28. The van der Waals surface area contributed by atoms with Crippen LogP contribution in [0, 0.1) is 24.7 Å². The number of anilines is 2. The molecule has 12 heteroatoms. The molecule has 2 amide bonds. The average molecular weight is 608 g/mol. The number of aromatic hydroxyl groups is 2. The fourth-order valence-corrected chi connectivity index (χ4v) is 4.10. The van der Waals surface area contributed by atoms with E-state index < -0.39 is 69.3 Å². The number of carbonyl (C=O) groups is 2. The molecule has 4 aromatic rings. The van der Waals surface area contributed by atoms with Gasteiger partial charge in [0.2, 0.25) is 0 Å². The highest BCUT2D eigenvalue weighted by molar-refractivity contribution is 6.07. The van der Waals surface area contributed by atoms with E-state index in [0.29, 0.717) is 35.4 Å². The molecule has 0 aromatic heterocycles. The molecular weight excluding hydrogens is 590 g/mol. The van der Waals surface area contributed by atoms with Gasteiger partial charge in [-0.05, 0) is 83.9 Å². The van der Waals surface area contributed by atoms with E-state index in [9.17, 15) is 46.1 Å². The summed E-state index contributed by atoms with van der Waals surface area (Å²) in [6.07, 6.45) is 0.101. The van der Waals surface area contributed by atoms with Gasteiger partial charge in [-0.25, -0.2) is 0 Å². The zero-order valence-electron chi connectivity index (χ0n) is 22.1. The van der Waals surface area contributed by atoms with Crippen LogP contribution in [0.25, 0.3) is 11.1 Å². The van der Waals surface area contributed by atoms with Gasteiger partial charge in [-0.1, -0.05) is 11.8 Å². The number of benzene rings is 4. The Kier molecular flexibility index (Phi) is 8.32. The van der Waals surface area contributed by atoms with Crippen LogP contribution in [0.4, 0.5) is 37.7 Å². The van der Waals surface area contributed by atoms with Gasteiger partial charge in [0.15, 0.2) is 0 Å². The highest BCUT2D eigenvalue weighted by atomic mass is 19.4. The lowest BCUT2D eigenvalue weighted by Crippen LogP contribution is -2.17. The number of halogens is 6. The van der Waals surface area contributed by atoms with Crippen molar-refractivity contribution >= 4 is 23.2 Å². The van der Waals surface area contributed by atoms with Gasteiger partial charge in [-0.3, -0.25) is 9.59 Å². The zero-order valence-corrected chi connectivity index (χ0v) is 22.1. The van der Waals surface area contributed by atoms with E-state index in [4.69, 9.17) is 12.8 Å². The first-order valence-electron chi connectivity index (χ1n) is 12.3. The van der Waals surface area contributed by atoms with Gasteiger partial charge >= 0.3 is 12.4 Å². The highest BCUT2D eigenvalue weighted by Crippen LogP contribution is 2.46. The third kappa shape index (κ3) is 6.61. The maximum absolute atomic E-state index is 14.1. The first-order valence-corrected chi connectivity index (χ1v) is 12.3. The molecule has 4 rings (SSSR count). The number of amides is 2. The topological polar surface area (TPSA) is 98.7 Å². The van der Waals surface area contributed by atoms with Crippen molar-refractivity contribution in [3.8, 4) is 47.3 Å². The van der Waals surface area contributed by atoms with Crippen molar-refractivity contribution in [2.75, 3.05) is 10.6 Å². The molecule has 0 radical (unpaired) electrons. The number of hydrogen-bond donors (Lipinski definition) is 4. The molecule has 44 heavy (non-hydrogen) atoms. The monoisotopic (exact) mass is 608 g/mol. The molecule has 222 valence electrons. The molecule has 6 nitrogen and oxygen atoms in total. The highest BCUT2D eigenvalue weighted by Gasteiger charge is 2.38. The largest absolute Gasteiger partial charge is 0.506 e. The Balaban J connectivity index is 1.76. The Hall–Kier alpha value is -5.88. The van der Waals surface area contributed by atoms with Crippen LogP contribution in [-0.2, 0) is 12.4 Å². The normalized spacial score (nSPS) is 11.3. The van der Waals surface area contributed by atoms with Gasteiger partial charge in [0.1, 0.15) is 11.5 Å². The number of phenolic OH excluding ortho intramolecular Hbond substituents is 2. The second-order valence-corrected chi connectivity index (χ2v) is 9.18. The molecule has 0 atom stereocenters. The fourth-order valence-electron chi connectivity index (χ4n) is 4.10. The Morgan fingerprint density at radius 1 is 0.591 bits per heavy atom. The first kappa shape index (κ1) is 31.1. The molecule has 0 unspecified atom stereocenters. The number of terminal acetylenes is 2. The lowest BCUT2D eigenvalue weighted by atomic mass is 9.97. The summed E-state index contributed by atoms with van der Waals surface area (Å²) in [6.45, 7) is 0. The van der Waals surface area contributed by atoms with Gasteiger partial charge in [0, 0.05) is 22.3 Å². The number of rotatable bonds is 5. The second-order valence-electron chi connectivity index (χ2n) is 9.18. The zero-order chi connectivity index (χ0) is 32.4. The maximum Gasteiger partial charge on any atom is 0.418 e. The van der Waals surface area contributed by atoms with Crippen LogP contribution in [0.1, 0.15) is 43.0 Å². The minimum Gasteiger partial charge on any atom is -0.506 e. The predicted molar refractivity (Wildman–Crippen MR) is 150 cm³/mol. The lowest BCUT2D eigenvalue weighted by molar-refractivity contribution is -0.137. The molecule has 0 spiro atoms. The van der Waals surface area contributed by atoms with Crippen molar-refractivity contribution < 1.29 is 46.1 Å². The molecular formula is C32H18F6N2O4. The summed E-state index contributed by atoms with van der Waals surface area (Å²) in [5, 5.41) is 25.0. The molecule has 0 saturated carbocycles. The standard InChI is InChI=1S/C32H18F6N2O4/c1-3-17-5-9-19(10-6-17)29(43)39-27-23(31(33,34)35)13-21(15-25(27)41)22-14-24(32(36,37)38)28(26(42)16-22)40-30(44)20-11-7-18(4-2)8-12-20/h1-2,5-16,41-42H,(H,39,43)(H,40,44). The van der Waals surface area contributed by atoms with Gasteiger partial charge in [0.05, 0.1) is 22.5 Å². The second kappa shape index (κ2) is 11.8. The quantitative estimate of drug-likeness (QED) is 0.109. The van der Waals surface area contributed by atoms with Crippen LogP contribution >= 0.6 is 0 Å². The van der Waals surface area contributed by atoms with Crippen molar-refractivity contribution in [1.82, 2.24) is 0 Å². The van der Waals surface area contributed by atoms with Crippen LogP contribution in [-0.4, -0.2) is 22.0 Å². The number of nitrogens with one attached hydrogen (secondary N) is 2. The van der Waals surface area contributed by atoms with Gasteiger partial charge < -0.3 is 20.8 Å². The SMILES string of the molecule is C#Cc1ccc(C(=O)Nc2c(O)cc(-c3cc(O)c(NC(=O)c4ccc(C#C)cc4)c(C(F)(F)F)c3)cc2C(F)(F)F)cc1. The van der Waals surface area contributed by atoms with Crippen molar-refractivity contribution in [2.24, 2.45) is 0 Å². The van der Waals surface area contributed by atoms with Gasteiger partial charge in [-0.2, -0.15) is 26.3 Å². The summed E-state index contributed by atoms with van der Waals surface area (Å²) >= 11 is 0. The molecule has 0 aliphatic carbocycles. The molecule has 4 aromatic carbocycles. The molecule has 0 saturated heterocycles. The van der Waals surface area contributed by atoms with Crippen molar-refractivity contribution in [2.45, 2.75) is 12.4 Å². The molecule has 0 bridgehead atoms. The van der Waals surface area contributed by atoms with E-state index in [1.165, 1.54) is 48.5 Å². The Morgan fingerprint density at radius 3 is 1.18 bits per heavy atom. The Labute approximate surface area is 246 Å². The summed E-state index contributed by atoms with van der Waals surface area (Å²) in [5.74, 6) is 0.307. The first-order chi connectivity index (χ1) is 20.6. The Morgan fingerprint density at radius 2 is 0.909 bits per heavy atom. The number of hydrogen-bond acceptors (Lipinski definition) is 4. The molecule has 4 N–H and O–H groups in total. The van der Waals surface area contributed by atoms with Crippen molar-refractivity contribution in [1.29, 1.82) is 0 Å². The van der Waals surface area contributed by atoms with E-state index in [1.54, 1.807) is 0 Å². The third-order valence-electron chi connectivity index (χ3n) is 6.28. The van der Waals surface area contributed by atoms with Gasteiger partial charge in [0.25, 0.3) is 11.8 Å². The van der Waals surface area contributed by atoms with Crippen LogP contribution in [0.3, 0.4) is 0 Å². The lowest BCUT2D eigenvalue weighted by Gasteiger charge is -2.20. The van der Waals surface area contributed by atoms with E-state index in [1.807, 2.05) is 10.6 Å². The fraction of sp³-hybridized carbons (Fsp3) is 0.0625. The smallest absolute Gasteiger partial charge is 0.418 e. The number of phenols is 2. The van der Waals surface area contributed by atoms with E-state index in [2.05, 4.69) is 11.8 Å². The molecule has 0 aliphatic heterocycles. The summed E-state index contributed by atoms with van der Waals surface area (Å²) in [7, 11) is 0. The van der Waals surface area contributed by atoms with Crippen molar-refractivity contribution in [3.05, 3.63) is 106 Å². The summed E-state index contributed by atoms with van der Waals surface area (Å²) in [5.41, 5.74) is -5.83. The van der Waals surface area contributed by atoms with E-state index >= 15 is 0 Å². The molecule has 0 aliphatic rings. The van der Waals surface area contributed by atoms with Crippen LogP contribution in [0.15, 0.2) is 72.8 Å². The van der Waals surface area contributed by atoms with Crippen LogP contribution < -0.4 is 10.6 Å². The van der Waals surface area contributed by atoms with Crippen molar-refractivity contribution in [3.63, 3.8) is 0 Å². The average Bonchev–Trinajstić information content (AvgIpc) is 2.97. The maximum atomic E-state index is 14.1. The minimum atomic E-state index is -5.19. The van der Waals surface area contributed by atoms with E-state index in [-0.39, 0.29) is 11.1 Å². The van der Waals surface area contributed by atoms with Crippen LogP contribution in [0.2, 0.25) is 0 Å². The predicted octanol–water partition coefficient (Wildman–Crippen LogP) is 7.27. The molecule has 0 heterocycles. The summed E-state index contributed by atoms with van der Waals surface area (Å²) < 4.78 is 84.4. The molecule has 0 fully saturated rings.